The molecule has 3 aromatic rings. The SMILES string of the molecule is Cc1ccc(-c2nc(NC(=O)CN3CCCN(C)CC3)cc(-c3nccs3)n2)o1. The molecule has 1 amide bonds. The minimum Gasteiger partial charge on any atom is -0.458 e. The van der Waals surface area contributed by atoms with Crippen molar-refractivity contribution in [2.75, 3.05) is 45.1 Å². The molecule has 1 N–H and O–H groups in total. The van der Waals surface area contributed by atoms with Gasteiger partial charge in [-0.05, 0) is 45.6 Å². The number of anilines is 1. The summed E-state index contributed by atoms with van der Waals surface area (Å²) < 4.78 is 5.68. The maximum atomic E-state index is 12.7. The van der Waals surface area contributed by atoms with Crippen LogP contribution in [-0.2, 0) is 4.79 Å². The summed E-state index contributed by atoms with van der Waals surface area (Å²) in [5, 5.41) is 5.59. The number of carbonyl (C=O) groups is 1. The smallest absolute Gasteiger partial charge is 0.239 e. The molecule has 4 heterocycles. The number of thiazole rings is 1. The van der Waals surface area contributed by atoms with Crippen molar-refractivity contribution in [1.29, 1.82) is 0 Å². The van der Waals surface area contributed by atoms with Gasteiger partial charge in [0.05, 0.1) is 6.54 Å². The average Bonchev–Trinajstić information content (AvgIpc) is 3.33. The number of amides is 1. The molecule has 1 aliphatic heterocycles. The Bertz CT molecular complexity index is 971. The van der Waals surface area contributed by atoms with Crippen LogP contribution in [0.2, 0.25) is 0 Å². The number of hydrogen-bond donors (Lipinski definition) is 1. The molecule has 0 radical (unpaired) electrons. The molecule has 8 nitrogen and oxygen atoms in total. The summed E-state index contributed by atoms with van der Waals surface area (Å²) in [5.41, 5.74) is 0.658. The third-order valence-electron chi connectivity index (χ3n) is 4.79. The first-order chi connectivity index (χ1) is 14.1. The van der Waals surface area contributed by atoms with Gasteiger partial charge in [-0.3, -0.25) is 9.69 Å². The maximum absolute atomic E-state index is 12.7. The van der Waals surface area contributed by atoms with Crippen LogP contribution in [0.5, 0.6) is 0 Å². The predicted molar refractivity (Wildman–Crippen MR) is 113 cm³/mol. The van der Waals surface area contributed by atoms with Gasteiger partial charge in [0.1, 0.15) is 22.3 Å². The summed E-state index contributed by atoms with van der Waals surface area (Å²) >= 11 is 1.49. The first-order valence-corrected chi connectivity index (χ1v) is 10.5. The van der Waals surface area contributed by atoms with E-state index in [2.05, 4.69) is 37.1 Å². The number of aromatic nitrogens is 3. The van der Waals surface area contributed by atoms with E-state index in [4.69, 9.17) is 4.42 Å². The minimum absolute atomic E-state index is 0.0834. The zero-order chi connectivity index (χ0) is 20.2. The molecule has 29 heavy (non-hydrogen) atoms. The lowest BCUT2D eigenvalue weighted by Crippen LogP contribution is -2.36. The van der Waals surface area contributed by atoms with Crippen molar-refractivity contribution in [1.82, 2.24) is 24.8 Å². The molecule has 0 bridgehead atoms. The number of likely N-dealkylation sites (N-methyl/N-ethyl adjacent to an activating group) is 1. The van der Waals surface area contributed by atoms with Gasteiger partial charge < -0.3 is 14.6 Å². The van der Waals surface area contributed by atoms with Gasteiger partial charge in [0.25, 0.3) is 0 Å². The van der Waals surface area contributed by atoms with Gasteiger partial charge in [-0.25, -0.2) is 15.0 Å². The third kappa shape index (κ3) is 5.06. The molecule has 152 valence electrons. The highest BCUT2D eigenvalue weighted by atomic mass is 32.1. The molecule has 3 aromatic heterocycles. The van der Waals surface area contributed by atoms with Gasteiger partial charge >= 0.3 is 0 Å². The van der Waals surface area contributed by atoms with Crippen LogP contribution < -0.4 is 5.32 Å². The Morgan fingerprint density at radius 3 is 2.90 bits per heavy atom. The quantitative estimate of drug-likeness (QED) is 0.689. The molecule has 9 heteroatoms. The molecule has 1 aliphatic rings. The van der Waals surface area contributed by atoms with E-state index < -0.39 is 0 Å². The van der Waals surface area contributed by atoms with Gasteiger partial charge in [0, 0.05) is 30.7 Å². The van der Waals surface area contributed by atoms with Crippen LogP contribution in [0, 0.1) is 6.92 Å². The van der Waals surface area contributed by atoms with E-state index in [0.29, 0.717) is 29.6 Å². The molecule has 0 unspecified atom stereocenters. The van der Waals surface area contributed by atoms with Crippen LogP contribution >= 0.6 is 11.3 Å². The second kappa shape index (κ2) is 8.81. The Balaban J connectivity index is 1.54. The normalized spacial score (nSPS) is 15.9. The number of carbonyl (C=O) groups excluding carboxylic acids is 1. The Kier molecular flexibility index (Phi) is 5.98. The number of furan rings is 1. The molecule has 0 aliphatic carbocycles. The van der Waals surface area contributed by atoms with Gasteiger partial charge in [0.2, 0.25) is 5.91 Å². The fourth-order valence-electron chi connectivity index (χ4n) is 3.28. The molecular formula is C20H24N6O2S. The second-order valence-electron chi connectivity index (χ2n) is 7.19. The van der Waals surface area contributed by atoms with E-state index in [-0.39, 0.29) is 5.91 Å². The van der Waals surface area contributed by atoms with Crippen molar-refractivity contribution >= 4 is 23.1 Å². The highest BCUT2D eigenvalue weighted by Crippen LogP contribution is 2.26. The van der Waals surface area contributed by atoms with Gasteiger partial charge in [-0.1, -0.05) is 0 Å². The fraction of sp³-hybridized carbons (Fsp3) is 0.400. The number of hydrogen-bond acceptors (Lipinski definition) is 8. The molecule has 1 saturated heterocycles. The van der Waals surface area contributed by atoms with Gasteiger partial charge in [-0.15, -0.1) is 11.3 Å². The Morgan fingerprint density at radius 2 is 2.14 bits per heavy atom. The van der Waals surface area contributed by atoms with Crippen molar-refractivity contribution < 1.29 is 9.21 Å². The van der Waals surface area contributed by atoms with E-state index in [1.54, 1.807) is 12.3 Å². The van der Waals surface area contributed by atoms with Crippen LogP contribution in [0.15, 0.2) is 34.2 Å². The summed E-state index contributed by atoms with van der Waals surface area (Å²) in [7, 11) is 2.11. The summed E-state index contributed by atoms with van der Waals surface area (Å²) in [4.78, 5) is 30.5. The highest BCUT2D eigenvalue weighted by molar-refractivity contribution is 7.13. The molecule has 1 fully saturated rings. The van der Waals surface area contributed by atoms with E-state index >= 15 is 0 Å². The molecule has 4 rings (SSSR count). The van der Waals surface area contributed by atoms with Gasteiger partial charge in [-0.2, -0.15) is 0 Å². The Morgan fingerprint density at radius 1 is 1.24 bits per heavy atom. The number of nitrogens with one attached hydrogen (secondary N) is 1. The summed E-state index contributed by atoms with van der Waals surface area (Å²) in [5.74, 6) is 2.13. The summed E-state index contributed by atoms with van der Waals surface area (Å²) in [6.07, 6.45) is 2.79. The molecule has 0 aromatic carbocycles. The van der Waals surface area contributed by atoms with Crippen LogP contribution in [0.25, 0.3) is 22.3 Å². The van der Waals surface area contributed by atoms with E-state index in [0.717, 1.165) is 43.4 Å². The molecule has 0 atom stereocenters. The monoisotopic (exact) mass is 412 g/mol. The van der Waals surface area contributed by atoms with E-state index in [1.807, 2.05) is 24.4 Å². The Hall–Kier alpha value is -2.62. The average molecular weight is 413 g/mol. The van der Waals surface area contributed by atoms with Crippen LogP contribution in [0.4, 0.5) is 5.82 Å². The predicted octanol–water partition coefficient (Wildman–Crippen LogP) is 2.74. The largest absolute Gasteiger partial charge is 0.458 e. The summed E-state index contributed by atoms with van der Waals surface area (Å²) in [6.45, 7) is 6.05. The maximum Gasteiger partial charge on any atom is 0.239 e. The van der Waals surface area contributed by atoms with Crippen molar-refractivity contribution in [2.45, 2.75) is 13.3 Å². The zero-order valence-corrected chi connectivity index (χ0v) is 17.4. The topological polar surface area (TPSA) is 87.4 Å². The lowest BCUT2D eigenvalue weighted by molar-refractivity contribution is -0.117. The lowest BCUT2D eigenvalue weighted by atomic mass is 10.3. The lowest BCUT2D eigenvalue weighted by Gasteiger charge is -2.19. The number of nitrogens with zero attached hydrogens (tertiary/aromatic N) is 5. The second-order valence-corrected chi connectivity index (χ2v) is 8.09. The van der Waals surface area contributed by atoms with Crippen LogP contribution in [0.3, 0.4) is 0 Å². The zero-order valence-electron chi connectivity index (χ0n) is 16.6. The minimum atomic E-state index is -0.0834. The van der Waals surface area contributed by atoms with Crippen LogP contribution in [0.1, 0.15) is 12.2 Å². The third-order valence-corrected chi connectivity index (χ3v) is 5.58. The van der Waals surface area contributed by atoms with Crippen molar-refractivity contribution in [3.8, 4) is 22.3 Å². The molecular weight excluding hydrogens is 388 g/mol. The number of aryl methyl sites for hydroxylation is 1. The molecule has 0 saturated carbocycles. The van der Waals surface area contributed by atoms with E-state index in [9.17, 15) is 4.79 Å². The highest BCUT2D eigenvalue weighted by Gasteiger charge is 2.17. The first-order valence-electron chi connectivity index (χ1n) is 9.63. The Labute approximate surface area is 173 Å². The standard InChI is InChI=1S/C20H24N6O2S/c1-14-4-5-16(28-14)19-22-15(20-21-6-11-29-20)12-17(24-19)23-18(27)13-26-8-3-7-25(2)9-10-26/h4-6,11-12H,3,7-10,13H2,1-2H3,(H,22,23,24,27). The van der Waals surface area contributed by atoms with Crippen molar-refractivity contribution in [3.05, 3.63) is 35.5 Å². The van der Waals surface area contributed by atoms with Crippen molar-refractivity contribution in [2.24, 2.45) is 0 Å². The fourth-order valence-corrected chi connectivity index (χ4v) is 3.88. The summed E-state index contributed by atoms with van der Waals surface area (Å²) in [6, 6.07) is 5.45. The molecule has 0 spiro atoms. The van der Waals surface area contributed by atoms with Crippen molar-refractivity contribution in [3.63, 3.8) is 0 Å². The van der Waals surface area contributed by atoms with E-state index in [1.165, 1.54) is 11.3 Å². The van der Waals surface area contributed by atoms with Crippen LogP contribution in [-0.4, -0.2) is 70.4 Å². The van der Waals surface area contributed by atoms with Gasteiger partial charge in [0.15, 0.2) is 11.6 Å². The first kappa shape index (κ1) is 19.7. The number of rotatable bonds is 5.